The minimum atomic E-state index is -0.702. The second-order valence-electron chi connectivity index (χ2n) is 3.20. The molecule has 1 fully saturated rings. The first-order valence-corrected chi connectivity index (χ1v) is 4.68. The summed E-state index contributed by atoms with van der Waals surface area (Å²) in [5.41, 5.74) is -0.702. The first-order chi connectivity index (χ1) is 5.73. The van der Waals surface area contributed by atoms with Gasteiger partial charge in [0.25, 0.3) is 0 Å². The summed E-state index contributed by atoms with van der Waals surface area (Å²) in [5.74, 6) is 0. The van der Waals surface area contributed by atoms with Gasteiger partial charge in [0.2, 0.25) is 0 Å². The minimum Gasteiger partial charge on any atom is -0.385 e. The lowest BCUT2D eigenvalue weighted by molar-refractivity contribution is -0.258. The van der Waals surface area contributed by atoms with Crippen LogP contribution in [-0.2, 0) is 9.47 Å². The van der Waals surface area contributed by atoms with Crippen LogP contribution in [0.2, 0.25) is 0 Å². The summed E-state index contributed by atoms with van der Waals surface area (Å²) in [7, 11) is 0. The van der Waals surface area contributed by atoms with Crippen LogP contribution in [0.5, 0.6) is 0 Å². The topological polar surface area (TPSA) is 38.7 Å². The van der Waals surface area contributed by atoms with Gasteiger partial charge in [0.05, 0.1) is 0 Å². The average molecular weight is 174 g/mol. The molecule has 1 N–H and O–H groups in total. The van der Waals surface area contributed by atoms with Gasteiger partial charge in [-0.3, -0.25) is 0 Å². The fourth-order valence-electron chi connectivity index (χ4n) is 1.44. The molecule has 12 heavy (non-hydrogen) atoms. The molecule has 1 rings (SSSR count). The average Bonchev–Trinajstić information content (AvgIpc) is 2.00. The molecule has 0 aromatic carbocycles. The molecule has 1 saturated carbocycles. The van der Waals surface area contributed by atoms with Crippen LogP contribution in [0.25, 0.3) is 0 Å². The smallest absolute Gasteiger partial charge is 0.186 e. The van der Waals surface area contributed by atoms with Crippen LogP contribution < -0.4 is 0 Å². The molecule has 0 radical (unpaired) electrons. The molecule has 0 bridgehead atoms. The van der Waals surface area contributed by atoms with Crippen LogP contribution in [-0.4, -0.2) is 30.2 Å². The van der Waals surface area contributed by atoms with Crippen molar-refractivity contribution in [3.05, 3.63) is 0 Å². The maximum absolute atomic E-state index is 9.88. The van der Waals surface area contributed by atoms with Crippen LogP contribution in [0.3, 0.4) is 0 Å². The van der Waals surface area contributed by atoms with E-state index >= 15 is 0 Å². The Balaban J connectivity index is 2.40. The lowest BCUT2D eigenvalue weighted by atomic mass is 9.79. The zero-order valence-electron chi connectivity index (χ0n) is 7.88. The van der Waals surface area contributed by atoms with E-state index in [-0.39, 0.29) is 0 Å². The van der Waals surface area contributed by atoms with Gasteiger partial charge in [-0.1, -0.05) is 0 Å². The van der Waals surface area contributed by atoms with Gasteiger partial charge in [-0.2, -0.15) is 0 Å². The van der Waals surface area contributed by atoms with Gasteiger partial charge in [0.15, 0.2) is 6.29 Å². The first-order valence-electron chi connectivity index (χ1n) is 4.68. The zero-order valence-corrected chi connectivity index (χ0v) is 7.88. The summed E-state index contributed by atoms with van der Waals surface area (Å²) in [4.78, 5) is 0. The van der Waals surface area contributed by atoms with E-state index in [1.54, 1.807) is 0 Å². The van der Waals surface area contributed by atoms with Gasteiger partial charge in [0, 0.05) is 13.2 Å². The van der Waals surface area contributed by atoms with Crippen molar-refractivity contribution in [1.29, 1.82) is 0 Å². The van der Waals surface area contributed by atoms with Crippen molar-refractivity contribution in [1.82, 2.24) is 0 Å². The van der Waals surface area contributed by atoms with E-state index in [2.05, 4.69) is 0 Å². The molecule has 1 aliphatic rings. The highest BCUT2D eigenvalue weighted by Crippen LogP contribution is 2.36. The lowest BCUT2D eigenvalue weighted by Gasteiger charge is -2.41. The van der Waals surface area contributed by atoms with Gasteiger partial charge in [0.1, 0.15) is 5.60 Å². The number of hydrogen-bond acceptors (Lipinski definition) is 3. The fourth-order valence-corrected chi connectivity index (χ4v) is 1.44. The molecule has 0 atom stereocenters. The molecule has 3 heteroatoms. The quantitative estimate of drug-likeness (QED) is 0.638. The third-order valence-corrected chi connectivity index (χ3v) is 2.29. The SMILES string of the molecule is CCOC(OCC)C1(O)CCC1. The highest BCUT2D eigenvalue weighted by Gasteiger charge is 2.43. The number of aliphatic hydroxyl groups is 1. The third-order valence-electron chi connectivity index (χ3n) is 2.29. The molecule has 0 saturated heterocycles. The Morgan fingerprint density at radius 2 is 1.75 bits per heavy atom. The lowest BCUT2D eigenvalue weighted by Crippen LogP contribution is -2.50. The van der Waals surface area contributed by atoms with Gasteiger partial charge >= 0.3 is 0 Å². The number of hydrogen-bond donors (Lipinski definition) is 1. The van der Waals surface area contributed by atoms with Crippen molar-refractivity contribution in [2.24, 2.45) is 0 Å². The molecule has 0 spiro atoms. The molecular weight excluding hydrogens is 156 g/mol. The highest BCUT2D eigenvalue weighted by molar-refractivity contribution is 4.90. The Kier molecular flexibility index (Phi) is 3.50. The van der Waals surface area contributed by atoms with Crippen LogP contribution >= 0.6 is 0 Å². The van der Waals surface area contributed by atoms with E-state index < -0.39 is 11.9 Å². The minimum absolute atomic E-state index is 0.416. The van der Waals surface area contributed by atoms with Gasteiger partial charge in [-0.05, 0) is 33.1 Å². The van der Waals surface area contributed by atoms with Crippen molar-refractivity contribution in [2.75, 3.05) is 13.2 Å². The number of ether oxygens (including phenoxy) is 2. The Bertz CT molecular complexity index is 126. The first kappa shape index (κ1) is 9.96. The highest BCUT2D eigenvalue weighted by atomic mass is 16.7. The molecule has 0 heterocycles. The Morgan fingerprint density at radius 1 is 1.25 bits per heavy atom. The summed E-state index contributed by atoms with van der Waals surface area (Å²) in [6.45, 7) is 5.00. The molecule has 0 amide bonds. The maximum Gasteiger partial charge on any atom is 0.186 e. The molecule has 1 aliphatic carbocycles. The van der Waals surface area contributed by atoms with Gasteiger partial charge < -0.3 is 14.6 Å². The Hall–Kier alpha value is -0.120. The normalized spacial score (nSPS) is 21.0. The maximum atomic E-state index is 9.88. The molecule has 72 valence electrons. The molecule has 0 unspecified atom stereocenters. The summed E-state index contributed by atoms with van der Waals surface area (Å²) in [6.07, 6.45) is 2.27. The second kappa shape index (κ2) is 4.21. The largest absolute Gasteiger partial charge is 0.385 e. The summed E-state index contributed by atoms with van der Waals surface area (Å²) >= 11 is 0. The van der Waals surface area contributed by atoms with Gasteiger partial charge in [-0.15, -0.1) is 0 Å². The molecule has 3 nitrogen and oxygen atoms in total. The van der Waals surface area contributed by atoms with Crippen molar-refractivity contribution in [2.45, 2.75) is 45.0 Å². The summed E-state index contributed by atoms with van der Waals surface area (Å²) in [6, 6.07) is 0. The van der Waals surface area contributed by atoms with Crippen LogP contribution in [0.15, 0.2) is 0 Å². The Labute approximate surface area is 73.7 Å². The summed E-state index contributed by atoms with van der Waals surface area (Å²) in [5, 5.41) is 9.88. The predicted octanol–water partition coefficient (Wildman–Crippen LogP) is 1.30. The van der Waals surface area contributed by atoms with Gasteiger partial charge in [-0.25, -0.2) is 0 Å². The third kappa shape index (κ3) is 1.97. The fraction of sp³-hybridized carbons (Fsp3) is 1.00. The number of rotatable bonds is 5. The van der Waals surface area contributed by atoms with Crippen LogP contribution in [0.1, 0.15) is 33.1 Å². The monoisotopic (exact) mass is 174 g/mol. The van der Waals surface area contributed by atoms with E-state index in [1.807, 2.05) is 13.8 Å². The van der Waals surface area contributed by atoms with Crippen molar-refractivity contribution in [3.8, 4) is 0 Å². The van der Waals surface area contributed by atoms with E-state index in [1.165, 1.54) is 0 Å². The Morgan fingerprint density at radius 3 is 2.00 bits per heavy atom. The molecule has 0 aromatic rings. The molecule has 0 aliphatic heterocycles. The van der Waals surface area contributed by atoms with E-state index in [0.717, 1.165) is 19.3 Å². The summed E-state index contributed by atoms with van der Waals surface area (Å²) < 4.78 is 10.6. The van der Waals surface area contributed by atoms with E-state index in [4.69, 9.17) is 9.47 Å². The molecule has 0 aromatic heterocycles. The second-order valence-corrected chi connectivity index (χ2v) is 3.20. The van der Waals surface area contributed by atoms with Crippen molar-refractivity contribution >= 4 is 0 Å². The van der Waals surface area contributed by atoms with Crippen molar-refractivity contribution in [3.63, 3.8) is 0 Å². The van der Waals surface area contributed by atoms with E-state index in [9.17, 15) is 5.11 Å². The zero-order chi connectivity index (χ0) is 9.03. The van der Waals surface area contributed by atoms with Crippen molar-refractivity contribution < 1.29 is 14.6 Å². The molecular formula is C9H18O3. The van der Waals surface area contributed by atoms with Crippen LogP contribution in [0.4, 0.5) is 0 Å². The predicted molar refractivity (Wildman–Crippen MR) is 45.8 cm³/mol. The van der Waals surface area contributed by atoms with E-state index in [0.29, 0.717) is 13.2 Å². The van der Waals surface area contributed by atoms with Crippen LogP contribution in [0, 0.1) is 0 Å². The standard InChI is InChI=1S/C9H18O3/c1-3-11-8(12-4-2)9(10)6-5-7-9/h8,10H,3-7H2,1-2H3.